The maximum atomic E-state index is 5.48. The summed E-state index contributed by atoms with van der Waals surface area (Å²) in [6.07, 6.45) is 4.45. The van der Waals surface area contributed by atoms with Crippen LogP contribution in [-0.2, 0) is 0 Å². The van der Waals surface area contributed by atoms with Crippen molar-refractivity contribution >= 4 is 17.5 Å². The van der Waals surface area contributed by atoms with Gasteiger partial charge in [0.1, 0.15) is 5.82 Å². The lowest BCUT2D eigenvalue weighted by Gasteiger charge is -2.35. The Balaban J connectivity index is 1.33. The van der Waals surface area contributed by atoms with Crippen LogP contribution in [0.5, 0.6) is 11.5 Å². The zero-order valence-electron chi connectivity index (χ0n) is 20.5. The van der Waals surface area contributed by atoms with Gasteiger partial charge in [0.25, 0.3) is 0 Å². The molecule has 0 N–H and O–H groups in total. The fraction of sp³-hybridized carbons (Fsp3) is 0.286. The van der Waals surface area contributed by atoms with Crippen molar-refractivity contribution < 1.29 is 9.47 Å². The average Bonchev–Trinajstić information content (AvgIpc) is 3.33. The van der Waals surface area contributed by atoms with E-state index in [1.165, 1.54) is 5.56 Å². The van der Waals surface area contributed by atoms with Crippen LogP contribution in [0.2, 0.25) is 0 Å². The predicted octanol–water partition coefficient (Wildman–Crippen LogP) is 4.56. The number of hydrogen-bond donors (Lipinski definition) is 0. The lowest BCUT2D eigenvalue weighted by Crippen LogP contribution is -2.47. The summed E-state index contributed by atoms with van der Waals surface area (Å²) in [4.78, 5) is 9.63. The van der Waals surface area contributed by atoms with E-state index in [2.05, 4.69) is 52.3 Å². The van der Waals surface area contributed by atoms with Gasteiger partial charge in [-0.15, -0.1) is 0 Å². The summed E-state index contributed by atoms with van der Waals surface area (Å²) in [7, 11) is 3.28. The number of aryl methyl sites for hydroxylation is 1. The first kappa shape index (κ1) is 22.9. The minimum Gasteiger partial charge on any atom is -0.493 e. The zero-order chi connectivity index (χ0) is 24.2. The molecule has 0 unspecified atom stereocenters. The maximum Gasteiger partial charge on any atom is 0.161 e. The van der Waals surface area contributed by atoms with Crippen LogP contribution < -0.4 is 14.4 Å². The normalized spacial score (nSPS) is 14.7. The molecule has 5 rings (SSSR count). The second kappa shape index (κ2) is 10.2. The molecule has 4 aromatic rings. The van der Waals surface area contributed by atoms with Crippen molar-refractivity contribution in [2.24, 2.45) is 0 Å². The zero-order valence-corrected chi connectivity index (χ0v) is 20.5. The third-order valence-corrected chi connectivity index (χ3v) is 6.39. The third-order valence-electron chi connectivity index (χ3n) is 6.39. The van der Waals surface area contributed by atoms with Gasteiger partial charge in [-0.25, -0.2) is 4.98 Å². The first-order valence-electron chi connectivity index (χ1n) is 11.9. The second-order valence-corrected chi connectivity index (χ2v) is 8.73. The topological polar surface area (TPSA) is 55.1 Å². The van der Waals surface area contributed by atoms with Gasteiger partial charge in [-0.05, 0) is 30.7 Å². The van der Waals surface area contributed by atoms with Crippen LogP contribution >= 0.6 is 0 Å². The highest BCUT2D eigenvalue weighted by atomic mass is 16.5. The molecule has 2 aromatic heterocycles. The Morgan fingerprint density at radius 2 is 1.66 bits per heavy atom. The first-order chi connectivity index (χ1) is 17.1. The molecule has 0 aliphatic carbocycles. The van der Waals surface area contributed by atoms with Crippen molar-refractivity contribution in [2.45, 2.75) is 6.92 Å². The van der Waals surface area contributed by atoms with Gasteiger partial charge in [0.05, 0.1) is 19.9 Å². The van der Waals surface area contributed by atoms with Gasteiger partial charge < -0.3 is 14.4 Å². The molecule has 0 atom stereocenters. The molecule has 0 saturated carbocycles. The number of hydrogen-bond acceptors (Lipinski definition) is 6. The molecule has 0 amide bonds. The van der Waals surface area contributed by atoms with Crippen molar-refractivity contribution in [3.63, 3.8) is 0 Å². The highest BCUT2D eigenvalue weighted by Gasteiger charge is 2.20. The van der Waals surface area contributed by atoms with E-state index in [1.54, 1.807) is 14.2 Å². The summed E-state index contributed by atoms with van der Waals surface area (Å²) in [5.41, 5.74) is 4.89. The van der Waals surface area contributed by atoms with E-state index in [4.69, 9.17) is 19.6 Å². The highest BCUT2D eigenvalue weighted by molar-refractivity contribution is 5.68. The fourth-order valence-electron chi connectivity index (χ4n) is 4.50. The van der Waals surface area contributed by atoms with Gasteiger partial charge in [0.2, 0.25) is 0 Å². The van der Waals surface area contributed by atoms with E-state index >= 15 is 0 Å². The molecule has 1 aliphatic heterocycles. The van der Waals surface area contributed by atoms with Crippen LogP contribution in [0, 0.1) is 6.92 Å². The number of piperazine rings is 1. The predicted molar refractivity (Wildman–Crippen MR) is 140 cm³/mol. The SMILES string of the molecule is COc1ccc(-c2cc3nc(C)cc(N4CCN(CC=Cc5ccccc5)CC4)n3n2)cc1OC. The van der Waals surface area contributed by atoms with Crippen LogP contribution in [0.3, 0.4) is 0 Å². The van der Waals surface area contributed by atoms with Gasteiger partial charge in [0.15, 0.2) is 17.1 Å². The molecule has 1 saturated heterocycles. The van der Waals surface area contributed by atoms with Gasteiger partial charge >= 0.3 is 0 Å². The van der Waals surface area contributed by atoms with Crippen molar-refractivity contribution in [3.05, 3.63) is 78.0 Å². The van der Waals surface area contributed by atoms with Gasteiger partial charge in [-0.3, -0.25) is 4.90 Å². The Bertz CT molecular complexity index is 1320. The molecule has 7 nitrogen and oxygen atoms in total. The minimum atomic E-state index is 0.684. The van der Waals surface area contributed by atoms with E-state index in [-0.39, 0.29) is 0 Å². The second-order valence-electron chi connectivity index (χ2n) is 8.73. The van der Waals surface area contributed by atoms with E-state index in [0.717, 1.165) is 61.1 Å². The number of anilines is 1. The average molecular weight is 470 g/mol. The van der Waals surface area contributed by atoms with Crippen molar-refractivity contribution in [3.8, 4) is 22.8 Å². The number of rotatable bonds is 7. The quantitative estimate of drug-likeness (QED) is 0.396. The van der Waals surface area contributed by atoms with Crippen LogP contribution in [-0.4, -0.2) is 66.4 Å². The Morgan fingerprint density at radius 3 is 2.40 bits per heavy atom. The number of methoxy groups -OCH3 is 2. The summed E-state index contributed by atoms with van der Waals surface area (Å²) in [5, 5.41) is 4.92. The summed E-state index contributed by atoms with van der Waals surface area (Å²) >= 11 is 0. The number of benzene rings is 2. The molecule has 0 bridgehead atoms. The highest BCUT2D eigenvalue weighted by Crippen LogP contribution is 2.32. The summed E-state index contributed by atoms with van der Waals surface area (Å²) < 4.78 is 12.8. The lowest BCUT2D eigenvalue weighted by molar-refractivity contribution is 0.283. The summed E-state index contributed by atoms with van der Waals surface area (Å²) in [6, 6.07) is 20.5. The Kier molecular flexibility index (Phi) is 6.68. The van der Waals surface area contributed by atoms with E-state index in [9.17, 15) is 0 Å². The number of ether oxygens (including phenoxy) is 2. The van der Waals surface area contributed by atoms with Gasteiger partial charge in [0, 0.05) is 56.1 Å². The number of aromatic nitrogens is 3. The molecule has 35 heavy (non-hydrogen) atoms. The first-order valence-corrected chi connectivity index (χ1v) is 11.9. The van der Waals surface area contributed by atoms with Crippen molar-refractivity contribution in [2.75, 3.05) is 51.8 Å². The molecule has 7 heteroatoms. The molecule has 3 heterocycles. The Labute approximate surface area is 206 Å². The van der Waals surface area contributed by atoms with Crippen LogP contribution in [0.1, 0.15) is 11.3 Å². The molecular weight excluding hydrogens is 438 g/mol. The standard InChI is InChI=1S/C28H31N5O2/c1-21-18-28(32-16-14-31(15-17-32)13-7-10-22-8-5-4-6-9-22)33-27(29-21)20-24(30-33)23-11-12-25(34-2)26(19-23)35-3/h4-12,18-20H,13-17H2,1-3H3. The molecule has 0 radical (unpaired) electrons. The largest absolute Gasteiger partial charge is 0.493 e. The molecule has 0 spiro atoms. The molecule has 180 valence electrons. The van der Waals surface area contributed by atoms with E-state index in [0.29, 0.717) is 11.5 Å². The summed E-state index contributed by atoms with van der Waals surface area (Å²) in [5.74, 6) is 2.47. The monoisotopic (exact) mass is 469 g/mol. The smallest absolute Gasteiger partial charge is 0.161 e. The van der Waals surface area contributed by atoms with Crippen LogP contribution in [0.25, 0.3) is 23.0 Å². The third kappa shape index (κ3) is 5.00. The Hall–Kier alpha value is -3.84. The summed E-state index contributed by atoms with van der Waals surface area (Å²) in [6.45, 7) is 6.90. The van der Waals surface area contributed by atoms with Crippen molar-refractivity contribution in [1.29, 1.82) is 0 Å². The number of nitrogens with zero attached hydrogens (tertiary/aromatic N) is 5. The maximum absolute atomic E-state index is 5.48. The van der Waals surface area contributed by atoms with Gasteiger partial charge in [-0.1, -0.05) is 42.5 Å². The minimum absolute atomic E-state index is 0.684. The molecule has 1 aliphatic rings. The van der Waals surface area contributed by atoms with Gasteiger partial charge in [-0.2, -0.15) is 9.61 Å². The lowest BCUT2D eigenvalue weighted by atomic mass is 10.1. The van der Waals surface area contributed by atoms with Crippen LogP contribution in [0.4, 0.5) is 5.82 Å². The molecular formula is C28H31N5O2. The Morgan fingerprint density at radius 1 is 0.886 bits per heavy atom. The number of fused-ring (bicyclic) bond motifs is 1. The fourth-order valence-corrected chi connectivity index (χ4v) is 4.50. The molecule has 1 fully saturated rings. The van der Waals surface area contributed by atoms with E-state index in [1.807, 2.05) is 41.8 Å². The van der Waals surface area contributed by atoms with E-state index < -0.39 is 0 Å². The molecule has 2 aromatic carbocycles. The van der Waals surface area contributed by atoms with Crippen molar-refractivity contribution in [1.82, 2.24) is 19.5 Å². The van der Waals surface area contributed by atoms with Crippen LogP contribution in [0.15, 0.2) is 66.7 Å².